The molecule has 5 amide bonds. The predicted molar refractivity (Wildman–Crippen MR) is 197 cm³/mol. The van der Waals surface area contributed by atoms with Gasteiger partial charge in [0.15, 0.2) is 0 Å². The van der Waals surface area contributed by atoms with Crippen LogP contribution in [0.1, 0.15) is 30.3 Å². The van der Waals surface area contributed by atoms with Crippen LogP contribution in [0.3, 0.4) is 0 Å². The molecule has 4 heterocycles. The van der Waals surface area contributed by atoms with Gasteiger partial charge in [-0.25, -0.2) is 27.7 Å². The number of aromatic nitrogens is 2. The summed E-state index contributed by atoms with van der Waals surface area (Å²) in [5, 5.41) is 8.42. The first-order valence-electron chi connectivity index (χ1n) is 18.7. The van der Waals surface area contributed by atoms with Crippen LogP contribution in [0.2, 0.25) is 0 Å². The molecule has 0 spiro atoms. The number of imide groups is 1. The van der Waals surface area contributed by atoms with E-state index in [4.69, 9.17) is 19.2 Å². The Morgan fingerprint density at radius 1 is 0.982 bits per heavy atom. The second-order valence-electron chi connectivity index (χ2n) is 13.8. The van der Waals surface area contributed by atoms with Crippen molar-refractivity contribution in [2.75, 3.05) is 72.3 Å². The molecular weight excluding hydrogens is 735 g/mol. The van der Waals surface area contributed by atoms with Gasteiger partial charge < -0.3 is 39.6 Å². The molecule has 0 saturated carbocycles. The van der Waals surface area contributed by atoms with E-state index in [1.807, 2.05) is 34.9 Å². The Kier molecular flexibility index (Phi) is 14.1. The minimum absolute atomic E-state index is 0.0294. The fourth-order valence-electron chi connectivity index (χ4n) is 7.08. The van der Waals surface area contributed by atoms with Gasteiger partial charge in [0.25, 0.3) is 11.8 Å². The molecule has 0 radical (unpaired) electrons. The fourth-order valence-corrected chi connectivity index (χ4v) is 7.08. The zero-order valence-corrected chi connectivity index (χ0v) is 30.8. The number of nitrogens with one attached hydrogen (secondary N) is 3. The highest BCUT2D eigenvalue weighted by Gasteiger charge is 2.40. The average molecular weight is 782 g/mol. The summed E-state index contributed by atoms with van der Waals surface area (Å²) in [4.78, 5) is 57.4. The van der Waals surface area contributed by atoms with Gasteiger partial charge in [-0.2, -0.15) is 0 Å². The number of carbonyl (C=O) groups excluding carboxylic acids is 4. The maximum atomic E-state index is 15.2. The number of rotatable bonds is 17. The first-order chi connectivity index (χ1) is 27.2. The Morgan fingerprint density at radius 3 is 2.46 bits per heavy atom. The van der Waals surface area contributed by atoms with Crippen molar-refractivity contribution in [1.29, 1.82) is 0 Å². The smallest absolute Gasteiger partial charge is 0.407 e. The van der Waals surface area contributed by atoms with E-state index < -0.39 is 53.7 Å². The summed E-state index contributed by atoms with van der Waals surface area (Å²) >= 11 is 0. The van der Waals surface area contributed by atoms with Crippen LogP contribution >= 0.6 is 0 Å². The van der Waals surface area contributed by atoms with E-state index >= 15 is 8.78 Å². The van der Waals surface area contributed by atoms with Crippen molar-refractivity contribution in [2.24, 2.45) is 11.8 Å². The number of nitrogens with zero attached hydrogens (tertiary/aromatic N) is 4. The first kappa shape index (κ1) is 40.4. The lowest BCUT2D eigenvalue weighted by Crippen LogP contribution is -2.50. The monoisotopic (exact) mass is 781 g/mol. The number of benzene rings is 2. The van der Waals surface area contributed by atoms with Gasteiger partial charge in [-0.1, -0.05) is 30.3 Å². The van der Waals surface area contributed by atoms with Crippen LogP contribution in [0.5, 0.6) is 0 Å². The second-order valence-corrected chi connectivity index (χ2v) is 13.8. The minimum Gasteiger partial charge on any atom is -0.448 e. The van der Waals surface area contributed by atoms with Crippen LogP contribution in [0.4, 0.5) is 22.8 Å². The number of amides is 5. The van der Waals surface area contributed by atoms with Gasteiger partial charge in [-0.3, -0.25) is 14.5 Å². The maximum Gasteiger partial charge on any atom is 0.407 e. The van der Waals surface area contributed by atoms with Gasteiger partial charge in [0.05, 0.1) is 38.0 Å². The quantitative estimate of drug-likeness (QED) is 0.138. The molecule has 2 saturated heterocycles. The van der Waals surface area contributed by atoms with Crippen molar-refractivity contribution in [3.63, 3.8) is 0 Å². The zero-order valence-electron chi connectivity index (χ0n) is 30.8. The molecule has 0 aliphatic carbocycles. The van der Waals surface area contributed by atoms with Gasteiger partial charge in [0.2, 0.25) is 0 Å². The van der Waals surface area contributed by atoms with E-state index in [-0.39, 0.29) is 69.7 Å². The third kappa shape index (κ3) is 10.5. The summed E-state index contributed by atoms with van der Waals surface area (Å²) in [6.45, 7) is 1.86. The zero-order chi connectivity index (χ0) is 39.4. The lowest BCUT2D eigenvalue weighted by atomic mass is 9.89. The van der Waals surface area contributed by atoms with Crippen LogP contribution in [-0.2, 0) is 30.3 Å². The molecule has 56 heavy (non-hydrogen) atoms. The fraction of sp³-hybridized carbons (Fsp3) is 0.462. The second kappa shape index (κ2) is 19.6. The topological polar surface area (TPSA) is 156 Å². The van der Waals surface area contributed by atoms with Crippen molar-refractivity contribution in [1.82, 2.24) is 35.3 Å². The van der Waals surface area contributed by atoms with Crippen molar-refractivity contribution in [2.45, 2.75) is 31.6 Å². The lowest BCUT2D eigenvalue weighted by Gasteiger charge is -2.39. The number of alkyl carbamates (subject to hydrolysis) is 1. The molecule has 6 rings (SSSR count). The van der Waals surface area contributed by atoms with E-state index in [1.165, 1.54) is 12.2 Å². The summed E-state index contributed by atoms with van der Waals surface area (Å²) in [5.74, 6) is -2.36. The number of ether oxygens (including phenoxy) is 3. The van der Waals surface area contributed by atoms with Crippen LogP contribution in [0.15, 0.2) is 66.9 Å². The Bertz CT molecular complexity index is 1840. The molecule has 1 aromatic heterocycles. The molecule has 3 N–H and O–H groups in total. The number of carbonyl (C=O) groups is 4. The van der Waals surface area contributed by atoms with E-state index in [9.17, 15) is 23.6 Å². The normalized spacial score (nSPS) is 19.0. The SMILES string of the molecule is O=C(NCCOCCN1C(=O)C=CC1=O)OCCNC(=O)N(C[C@@H]1CNC[C@@H]1F)[C@@H](c1nc(-c2cc(F)ccc2F)cn1Cc1ccccc1)C1CCOCC1. The average Bonchev–Trinajstić information content (AvgIpc) is 3.90. The minimum atomic E-state index is -1.21. The van der Waals surface area contributed by atoms with Crippen LogP contribution in [0.25, 0.3) is 11.3 Å². The molecule has 300 valence electrons. The summed E-state index contributed by atoms with van der Waals surface area (Å²) in [5.41, 5.74) is 1.07. The third-order valence-electron chi connectivity index (χ3n) is 9.96. The maximum absolute atomic E-state index is 15.2. The molecule has 2 aromatic carbocycles. The molecule has 3 aliphatic rings. The summed E-state index contributed by atoms with van der Waals surface area (Å²) in [7, 11) is 0. The highest BCUT2D eigenvalue weighted by molar-refractivity contribution is 6.12. The molecule has 3 aliphatic heterocycles. The van der Waals surface area contributed by atoms with E-state index in [1.54, 1.807) is 11.1 Å². The van der Waals surface area contributed by atoms with Gasteiger partial charge in [-0.15, -0.1) is 0 Å². The number of halogens is 3. The Morgan fingerprint density at radius 2 is 1.73 bits per heavy atom. The van der Waals surface area contributed by atoms with E-state index in [2.05, 4.69) is 16.0 Å². The van der Waals surface area contributed by atoms with Gasteiger partial charge in [-0.05, 0) is 42.5 Å². The van der Waals surface area contributed by atoms with Crippen LogP contribution in [-0.4, -0.2) is 122 Å². The number of urea groups is 1. The van der Waals surface area contributed by atoms with Crippen molar-refractivity contribution in [3.8, 4) is 11.3 Å². The van der Waals surface area contributed by atoms with Crippen LogP contribution < -0.4 is 16.0 Å². The van der Waals surface area contributed by atoms with Gasteiger partial charge in [0.1, 0.15) is 30.2 Å². The third-order valence-corrected chi connectivity index (χ3v) is 9.96. The lowest BCUT2D eigenvalue weighted by molar-refractivity contribution is -0.137. The molecule has 17 heteroatoms. The summed E-state index contributed by atoms with van der Waals surface area (Å²) in [6, 6.07) is 11.4. The molecule has 0 unspecified atom stereocenters. The number of hydrogen-bond donors (Lipinski definition) is 3. The first-order valence-corrected chi connectivity index (χ1v) is 18.7. The Hall–Kier alpha value is -5.26. The molecule has 14 nitrogen and oxygen atoms in total. The van der Waals surface area contributed by atoms with Crippen LogP contribution in [0, 0.1) is 23.5 Å². The van der Waals surface area contributed by atoms with E-state index in [0.717, 1.165) is 28.7 Å². The Labute approximate surface area is 322 Å². The van der Waals surface area contributed by atoms with Crippen molar-refractivity contribution >= 4 is 23.9 Å². The summed E-state index contributed by atoms with van der Waals surface area (Å²) in [6.07, 6.45) is 3.21. The number of hydrogen-bond acceptors (Lipinski definition) is 9. The van der Waals surface area contributed by atoms with Crippen molar-refractivity contribution in [3.05, 3.63) is 89.9 Å². The number of alkyl halides is 1. The standard InChI is InChI=1S/C39H46F3N7O7/c40-29-6-7-31(41)30(20-29)33-25-47(23-26-4-2-1-3-5-26)37(46-33)36(27-10-15-54-16-11-27)49(24-28-21-43-22-32(28)42)38(52)44-13-18-56-39(53)45-12-17-55-19-14-48-34(50)8-9-35(48)51/h1-9,20,25,27-28,32,36,43H,10-19,21-24H2,(H,44,52)(H,45,53)/t28-,32-,36+/m0/s1. The highest BCUT2D eigenvalue weighted by atomic mass is 19.1. The number of imidazole rings is 1. The molecule has 3 aromatic rings. The van der Waals surface area contributed by atoms with Gasteiger partial charge >= 0.3 is 12.1 Å². The summed E-state index contributed by atoms with van der Waals surface area (Å²) < 4.78 is 63.0. The Balaban J connectivity index is 1.16. The van der Waals surface area contributed by atoms with E-state index in [0.29, 0.717) is 45.0 Å². The highest BCUT2D eigenvalue weighted by Crippen LogP contribution is 2.38. The van der Waals surface area contributed by atoms with Crippen molar-refractivity contribution < 1.29 is 46.6 Å². The molecule has 2 fully saturated rings. The molecule has 0 bridgehead atoms. The predicted octanol–water partition coefficient (Wildman–Crippen LogP) is 3.58. The molecule has 3 atom stereocenters. The molecular formula is C39H46F3N7O7. The van der Waals surface area contributed by atoms with Gasteiger partial charge in [0, 0.05) is 75.8 Å². The largest absolute Gasteiger partial charge is 0.448 e.